The quantitative estimate of drug-likeness (QED) is 0.866. The first-order valence-electron chi connectivity index (χ1n) is 8.12. The number of hydrogen-bond donors (Lipinski definition) is 1. The van der Waals surface area contributed by atoms with E-state index < -0.39 is 5.97 Å². The number of carbonyl (C=O) groups is 1. The van der Waals surface area contributed by atoms with Crippen molar-refractivity contribution in [2.45, 2.75) is 25.4 Å². The van der Waals surface area contributed by atoms with Gasteiger partial charge in [-0.3, -0.25) is 14.6 Å². The zero-order valence-corrected chi connectivity index (χ0v) is 12.9. The second kappa shape index (κ2) is 7.07. The predicted octanol–water partition coefficient (Wildman–Crippen LogP) is 2.22. The molecule has 1 aliphatic heterocycles. The van der Waals surface area contributed by atoms with Crippen molar-refractivity contribution in [3.63, 3.8) is 0 Å². The third-order valence-electron chi connectivity index (χ3n) is 4.78. The Balaban J connectivity index is 1.50. The van der Waals surface area contributed by atoms with Crippen LogP contribution in [0.25, 0.3) is 0 Å². The fraction of sp³-hybridized carbons (Fsp3) is 0.500. The molecule has 1 fully saturated rings. The molecule has 0 spiro atoms. The lowest BCUT2D eigenvalue weighted by Crippen LogP contribution is -2.50. The number of benzene rings is 1. The highest BCUT2D eigenvalue weighted by Crippen LogP contribution is 2.24. The minimum absolute atomic E-state index is 0.211. The van der Waals surface area contributed by atoms with Crippen molar-refractivity contribution in [1.29, 1.82) is 0 Å². The van der Waals surface area contributed by atoms with E-state index in [9.17, 15) is 9.90 Å². The molecule has 4 nitrogen and oxygen atoms in total. The number of rotatable bonds is 4. The molecule has 2 aliphatic rings. The Bertz CT molecular complexity index is 521. The van der Waals surface area contributed by atoms with Crippen molar-refractivity contribution in [2.75, 3.05) is 26.2 Å². The lowest BCUT2D eigenvalue weighted by molar-refractivity contribution is -0.142. The second-order valence-corrected chi connectivity index (χ2v) is 6.30. The van der Waals surface area contributed by atoms with Crippen LogP contribution in [0.4, 0.5) is 0 Å². The molecule has 1 heterocycles. The highest BCUT2D eigenvalue weighted by molar-refractivity contribution is 5.70. The van der Waals surface area contributed by atoms with Gasteiger partial charge in [0.2, 0.25) is 0 Å². The molecule has 0 amide bonds. The Labute approximate surface area is 132 Å². The number of nitrogens with zero attached hydrogens (tertiary/aromatic N) is 2. The maximum Gasteiger partial charge on any atom is 0.306 e. The molecule has 2 atom stereocenters. The van der Waals surface area contributed by atoms with Gasteiger partial charge in [0.05, 0.1) is 5.92 Å². The summed E-state index contributed by atoms with van der Waals surface area (Å²) in [6, 6.07) is 10.9. The van der Waals surface area contributed by atoms with E-state index in [1.165, 1.54) is 5.56 Å². The summed E-state index contributed by atoms with van der Waals surface area (Å²) in [4.78, 5) is 16.1. The molecule has 1 aromatic rings. The van der Waals surface area contributed by atoms with Crippen LogP contribution in [0.1, 0.15) is 18.4 Å². The molecule has 1 aromatic carbocycles. The van der Waals surface area contributed by atoms with E-state index >= 15 is 0 Å². The van der Waals surface area contributed by atoms with Crippen molar-refractivity contribution < 1.29 is 9.90 Å². The standard InChI is InChI=1S/C18H24N2O2/c21-18(22)16-7-4-8-17(13-16)20-11-9-19(10-12-20)14-15-5-2-1-3-6-15/h1-6,8,16-17H,7,9-14H2,(H,21,22)/t16-,17?/m0/s1. The summed E-state index contributed by atoms with van der Waals surface area (Å²) in [5.41, 5.74) is 1.36. The average Bonchev–Trinajstić information content (AvgIpc) is 2.56. The highest BCUT2D eigenvalue weighted by Gasteiger charge is 2.29. The van der Waals surface area contributed by atoms with Gasteiger partial charge in [-0.1, -0.05) is 42.5 Å². The number of carboxylic acids is 1. The summed E-state index contributed by atoms with van der Waals surface area (Å²) in [5, 5.41) is 9.20. The lowest BCUT2D eigenvalue weighted by Gasteiger charge is -2.40. The number of allylic oxidation sites excluding steroid dienone is 1. The molecule has 1 aliphatic carbocycles. The van der Waals surface area contributed by atoms with Crippen LogP contribution in [0.2, 0.25) is 0 Å². The molecule has 0 saturated carbocycles. The van der Waals surface area contributed by atoms with E-state index in [4.69, 9.17) is 0 Å². The van der Waals surface area contributed by atoms with E-state index in [1.54, 1.807) is 0 Å². The van der Waals surface area contributed by atoms with Gasteiger partial charge >= 0.3 is 5.97 Å². The van der Waals surface area contributed by atoms with Crippen molar-refractivity contribution in [1.82, 2.24) is 9.80 Å². The topological polar surface area (TPSA) is 43.8 Å². The van der Waals surface area contributed by atoms with Crippen LogP contribution in [-0.2, 0) is 11.3 Å². The fourth-order valence-electron chi connectivity index (χ4n) is 3.43. The molecule has 0 radical (unpaired) electrons. The summed E-state index contributed by atoms with van der Waals surface area (Å²) in [5.74, 6) is -0.866. The number of piperazine rings is 1. The summed E-state index contributed by atoms with van der Waals surface area (Å²) < 4.78 is 0. The molecule has 1 N–H and O–H groups in total. The SMILES string of the molecule is O=C(O)[C@H]1CC=CC(N2CCN(Cc3ccccc3)CC2)C1. The van der Waals surface area contributed by atoms with E-state index in [-0.39, 0.29) is 5.92 Å². The third-order valence-corrected chi connectivity index (χ3v) is 4.78. The van der Waals surface area contributed by atoms with Gasteiger partial charge in [0.1, 0.15) is 0 Å². The zero-order valence-electron chi connectivity index (χ0n) is 12.9. The van der Waals surface area contributed by atoms with Gasteiger partial charge < -0.3 is 5.11 Å². The molecular formula is C18H24N2O2. The molecule has 0 aromatic heterocycles. The Hall–Kier alpha value is -1.65. The Morgan fingerprint density at radius 1 is 1.14 bits per heavy atom. The van der Waals surface area contributed by atoms with Crippen LogP contribution < -0.4 is 0 Å². The smallest absolute Gasteiger partial charge is 0.306 e. The molecule has 0 bridgehead atoms. The average molecular weight is 300 g/mol. The van der Waals surface area contributed by atoms with Crippen LogP contribution in [-0.4, -0.2) is 53.1 Å². The molecule has 118 valence electrons. The molecule has 3 rings (SSSR count). The second-order valence-electron chi connectivity index (χ2n) is 6.30. The third kappa shape index (κ3) is 3.76. The molecule has 1 unspecified atom stereocenters. The van der Waals surface area contributed by atoms with Crippen molar-refractivity contribution in [2.24, 2.45) is 5.92 Å². The van der Waals surface area contributed by atoms with Gasteiger partial charge in [0, 0.05) is 38.8 Å². The maximum absolute atomic E-state index is 11.2. The van der Waals surface area contributed by atoms with Gasteiger partial charge in [-0.05, 0) is 18.4 Å². The maximum atomic E-state index is 11.2. The summed E-state index contributed by atoms with van der Waals surface area (Å²) in [7, 11) is 0. The highest BCUT2D eigenvalue weighted by atomic mass is 16.4. The summed E-state index contributed by atoms with van der Waals surface area (Å²) in [6.07, 6.45) is 5.68. The first kappa shape index (κ1) is 15.3. The first-order chi connectivity index (χ1) is 10.7. The molecule has 22 heavy (non-hydrogen) atoms. The van der Waals surface area contributed by atoms with Crippen LogP contribution in [0, 0.1) is 5.92 Å². The van der Waals surface area contributed by atoms with Crippen LogP contribution in [0.5, 0.6) is 0 Å². The zero-order chi connectivity index (χ0) is 15.4. The largest absolute Gasteiger partial charge is 0.481 e. The molecule has 4 heteroatoms. The van der Waals surface area contributed by atoms with Gasteiger partial charge in [-0.15, -0.1) is 0 Å². The fourth-order valence-corrected chi connectivity index (χ4v) is 3.43. The van der Waals surface area contributed by atoms with Crippen molar-refractivity contribution in [3.05, 3.63) is 48.0 Å². The first-order valence-corrected chi connectivity index (χ1v) is 8.12. The van der Waals surface area contributed by atoms with Crippen molar-refractivity contribution in [3.8, 4) is 0 Å². The van der Waals surface area contributed by atoms with Crippen molar-refractivity contribution >= 4 is 5.97 Å². The Kier molecular flexibility index (Phi) is 4.90. The minimum atomic E-state index is -0.655. The number of carboxylic acid groups (broad SMARTS) is 1. The number of hydrogen-bond acceptors (Lipinski definition) is 3. The Morgan fingerprint density at radius 3 is 2.55 bits per heavy atom. The van der Waals surface area contributed by atoms with Crippen LogP contribution in [0.3, 0.4) is 0 Å². The monoisotopic (exact) mass is 300 g/mol. The summed E-state index contributed by atoms with van der Waals surface area (Å²) >= 11 is 0. The van der Waals surface area contributed by atoms with Crippen LogP contribution >= 0.6 is 0 Å². The minimum Gasteiger partial charge on any atom is -0.481 e. The van der Waals surface area contributed by atoms with Gasteiger partial charge in [-0.2, -0.15) is 0 Å². The van der Waals surface area contributed by atoms with Gasteiger partial charge in [0.15, 0.2) is 0 Å². The predicted molar refractivity (Wildman–Crippen MR) is 86.6 cm³/mol. The number of aliphatic carboxylic acids is 1. The normalized spacial score (nSPS) is 26.9. The summed E-state index contributed by atoms with van der Waals surface area (Å²) in [6.45, 7) is 5.16. The van der Waals surface area contributed by atoms with E-state index in [0.29, 0.717) is 12.5 Å². The van der Waals surface area contributed by atoms with E-state index in [0.717, 1.165) is 39.1 Å². The van der Waals surface area contributed by atoms with E-state index in [2.05, 4.69) is 46.2 Å². The molecule has 1 saturated heterocycles. The van der Waals surface area contributed by atoms with Crippen LogP contribution in [0.15, 0.2) is 42.5 Å². The van der Waals surface area contributed by atoms with Gasteiger partial charge in [-0.25, -0.2) is 0 Å². The molecular weight excluding hydrogens is 276 g/mol. The lowest BCUT2D eigenvalue weighted by atomic mass is 9.90. The van der Waals surface area contributed by atoms with E-state index in [1.807, 2.05) is 6.08 Å². The Morgan fingerprint density at radius 2 is 1.86 bits per heavy atom. The van der Waals surface area contributed by atoms with Gasteiger partial charge in [0.25, 0.3) is 0 Å².